The van der Waals surface area contributed by atoms with Crippen LogP contribution in [0, 0.1) is 0 Å². The van der Waals surface area contributed by atoms with E-state index in [4.69, 9.17) is 5.11 Å². The van der Waals surface area contributed by atoms with Crippen molar-refractivity contribution < 1.29 is 13.5 Å². The maximum Gasteiger partial charge on any atom is 0.244 e. The number of benzene rings is 1. The third-order valence-corrected chi connectivity index (χ3v) is 6.19. The van der Waals surface area contributed by atoms with Gasteiger partial charge in [-0.25, -0.2) is 8.42 Å². The fourth-order valence-corrected chi connectivity index (χ4v) is 4.61. The quantitative estimate of drug-likeness (QED) is 0.715. The molecule has 0 bridgehead atoms. The predicted molar refractivity (Wildman–Crippen MR) is 88.6 cm³/mol. The van der Waals surface area contributed by atoms with Crippen molar-refractivity contribution in [3.05, 3.63) is 28.2 Å². The van der Waals surface area contributed by atoms with Gasteiger partial charge in [0, 0.05) is 17.6 Å². The first-order valence-electron chi connectivity index (χ1n) is 7.36. The molecule has 0 spiro atoms. The Labute approximate surface area is 136 Å². The number of unbranched alkanes of at least 4 members (excludes halogenated alkanes) is 2. The van der Waals surface area contributed by atoms with Crippen molar-refractivity contribution in [2.45, 2.75) is 51.0 Å². The number of sulfonamides is 1. The molecular formula is C15H24BrNO3S. The average molecular weight is 378 g/mol. The van der Waals surface area contributed by atoms with Gasteiger partial charge in [-0.1, -0.05) is 32.8 Å². The van der Waals surface area contributed by atoms with E-state index in [2.05, 4.69) is 29.8 Å². The zero-order chi connectivity index (χ0) is 15.9. The lowest BCUT2D eigenvalue weighted by atomic mass is 10.2. The highest BCUT2D eigenvalue weighted by Crippen LogP contribution is 2.27. The second kappa shape index (κ2) is 8.88. The summed E-state index contributed by atoms with van der Waals surface area (Å²) in [5.41, 5.74) is 0.689. The summed E-state index contributed by atoms with van der Waals surface area (Å²) >= 11 is 3.31. The monoisotopic (exact) mass is 377 g/mol. The summed E-state index contributed by atoms with van der Waals surface area (Å²) in [6.07, 6.45) is 3.64. The first kappa shape index (κ1) is 18.6. The Morgan fingerprint density at radius 3 is 2.14 bits per heavy atom. The van der Waals surface area contributed by atoms with Gasteiger partial charge in [-0.3, -0.25) is 0 Å². The fraction of sp³-hybridized carbons (Fsp3) is 0.600. The minimum absolute atomic E-state index is 0.103. The van der Waals surface area contributed by atoms with Gasteiger partial charge in [0.25, 0.3) is 0 Å². The van der Waals surface area contributed by atoms with Crippen LogP contribution in [-0.4, -0.2) is 30.9 Å². The van der Waals surface area contributed by atoms with Crippen LogP contribution in [0.1, 0.15) is 45.1 Å². The Morgan fingerprint density at radius 1 is 1.14 bits per heavy atom. The van der Waals surface area contributed by atoms with E-state index >= 15 is 0 Å². The number of nitrogens with zero attached hydrogens (tertiary/aromatic N) is 1. The van der Waals surface area contributed by atoms with Gasteiger partial charge < -0.3 is 5.11 Å². The van der Waals surface area contributed by atoms with E-state index in [9.17, 15) is 8.42 Å². The Hall–Kier alpha value is -0.430. The van der Waals surface area contributed by atoms with Crippen LogP contribution in [0.4, 0.5) is 0 Å². The molecule has 4 nitrogen and oxygen atoms in total. The molecule has 0 amide bonds. The first-order valence-corrected chi connectivity index (χ1v) is 9.60. The topological polar surface area (TPSA) is 57.6 Å². The predicted octanol–water partition coefficient (Wildman–Crippen LogP) is 3.53. The largest absolute Gasteiger partial charge is 0.392 e. The van der Waals surface area contributed by atoms with Gasteiger partial charge in [-0.15, -0.1) is 0 Å². The molecule has 0 atom stereocenters. The van der Waals surface area contributed by atoms with Gasteiger partial charge in [0.15, 0.2) is 0 Å². The van der Waals surface area contributed by atoms with Gasteiger partial charge in [-0.05, 0) is 46.5 Å². The lowest BCUT2D eigenvalue weighted by Crippen LogP contribution is -2.33. The third-order valence-electron chi connectivity index (χ3n) is 3.32. The van der Waals surface area contributed by atoms with Gasteiger partial charge in [-0.2, -0.15) is 4.31 Å². The normalized spacial score (nSPS) is 12.0. The van der Waals surface area contributed by atoms with Crippen molar-refractivity contribution in [3.63, 3.8) is 0 Å². The molecular weight excluding hydrogens is 354 g/mol. The van der Waals surface area contributed by atoms with E-state index < -0.39 is 10.0 Å². The molecule has 0 heterocycles. The molecule has 120 valence electrons. The number of hydrogen-bond donors (Lipinski definition) is 1. The summed E-state index contributed by atoms with van der Waals surface area (Å²) in [4.78, 5) is 0.270. The van der Waals surface area contributed by atoms with Crippen molar-refractivity contribution in [1.29, 1.82) is 0 Å². The zero-order valence-electron chi connectivity index (χ0n) is 12.7. The summed E-state index contributed by atoms with van der Waals surface area (Å²) < 4.78 is 27.7. The summed E-state index contributed by atoms with van der Waals surface area (Å²) in [7, 11) is -3.50. The maximum atomic E-state index is 12.8. The van der Waals surface area contributed by atoms with Crippen LogP contribution in [0.25, 0.3) is 0 Å². The Bertz CT molecular complexity index is 538. The van der Waals surface area contributed by atoms with Crippen molar-refractivity contribution in [1.82, 2.24) is 4.31 Å². The fourth-order valence-electron chi connectivity index (χ4n) is 2.01. The van der Waals surface area contributed by atoms with Crippen LogP contribution >= 0.6 is 15.9 Å². The molecule has 0 unspecified atom stereocenters. The highest BCUT2D eigenvalue weighted by Gasteiger charge is 2.25. The molecule has 1 aromatic rings. The molecule has 6 heteroatoms. The number of halogens is 1. The smallest absolute Gasteiger partial charge is 0.244 e. The lowest BCUT2D eigenvalue weighted by Gasteiger charge is -2.22. The zero-order valence-corrected chi connectivity index (χ0v) is 15.1. The van der Waals surface area contributed by atoms with E-state index in [0.29, 0.717) is 23.1 Å². The van der Waals surface area contributed by atoms with Crippen molar-refractivity contribution in [2.24, 2.45) is 0 Å². The van der Waals surface area contributed by atoms with Crippen LogP contribution in [0.5, 0.6) is 0 Å². The Morgan fingerprint density at radius 2 is 1.71 bits per heavy atom. The Balaban J connectivity index is 3.08. The van der Waals surface area contributed by atoms with Gasteiger partial charge in [0.2, 0.25) is 10.0 Å². The highest BCUT2D eigenvalue weighted by atomic mass is 79.9. The average Bonchev–Trinajstić information content (AvgIpc) is 2.46. The van der Waals surface area contributed by atoms with Crippen molar-refractivity contribution in [3.8, 4) is 0 Å². The van der Waals surface area contributed by atoms with E-state index in [0.717, 1.165) is 25.7 Å². The summed E-state index contributed by atoms with van der Waals surface area (Å²) in [6, 6.07) is 4.87. The van der Waals surface area contributed by atoms with Crippen molar-refractivity contribution in [2.75, 3.05) is 13.1 Å². The molecule has 0 aliphatic rings. The molecule has 0 fully saturated rings. The third kappa shape index (κ3) is 5.06. The van der Waals surface area contributed by atoms with Crippen LogP contribution in [0.3, 0.4) is 0 Å². The molecule has 0 aliphatic carbocycles. The lowest BCUT2D eigenvalue weighted by molar-refractivity contribution is 0.281. The summed E-state index contributed by atoms with van der Waals surface area (Å²) in [6.45, 7) is 5.10. The van der Waals surface area contributed by atoms with E-state index in [-0.39, 0.29) is 11.5 Å². The molecule has 1 aromatic carbocycles. The molecule has 1 N–H and O–H groups in total. The number of rotatable bonds is 9. The summed E-state index contributed by atoms with van der Waals surface area (Å²) in [5.74, 6) is 0. The maximum absolute atomic E-state index is 12.8. The highest BCUT2D eigenvalue weighted by molar-refractivity contribution is 9.10. The SMILES string of the molecule is CCCCN(CCCC)S(=O)(=O)c1ccc(CO)cc1Br. The standard InChI is InChI=1S/C15H24BrNO3S/c1-3-5-9-17(10-6-4-2)21(19,20)15-8-7-13(12-18)11-14(15)16/h7-8,11,18H,3-6,9-10,12H2,1-2H3. The molecule has 0 aromatic heterocycles. The Kier molecular flexibility index (Phi) is 7.87. The minimum Gasteiger partial charge on any atom is -0.392 e. The van der Waals surface area contributed by atoms with Gasteiger partial charge in [0.05, 0.1) is 11.5 Å². The molecule has 0 saturated heterocycles. The van der Waals surface area contributed by atoms with Crippen LogP contribution < -0.4 is 0 Å². The molecule has 1 rings (SSSR count). The number of aliphatic hydroxyl groups excluding tert-OH is 1. The second-order valence-electron chi connectivity index (χ2n) is 5.03. The number of aliphatic hydroxyl groups is 1. The second-order valence-corrected chi connectivity index (χ2v) is 7.79. The van der Waals surface area contributed by atoms with Crippen molar-refractivity contribution >= 4 is 26.0 Å². The minimum atomic E-state index is -3.50. The van der Waals surface area contributed by atoms with Crippen LogP contribution in [0.15, 0.2) is 27.6 Å². The van der Waals surface area contributed by atoms with Gasteiger partial charge in [0.1, 0.15) is 0 Å². The molecule has 0 radical (unpaired) electrons. The van der Waals surface area contributed by atoms with Gasteiger partial charge >= 0.3 is 0 Å². The first-order chi connectivity index (χ1) is 9.97. The summed E-state index contributed by atoms with van der Waals surface area (Å²) in [5, 5.41) is 9.12. The van der Waals surface area contributed by atoms with E-state index in [1.807, 2.05) is 0 Å². The van der Waals surface area contributed by atoms with Crippen LogP contribution in [0.2, 0.25) is 0 Å². The molecule has 0 saturated carbocycles. The van der Waals surface area contributed by atoms with E-state index in [1.165, 1.54) is 0 Å². The van der Waals surface area contributed by atoms with Crippen LogP contribution in [-0.2, 0) is 16.6 Å². The molecule has 0 aliphatic heterocycles. The van der Waals surface area contributed by atoms with E-state index in [1.54, 1.807) is 22.5 Å². The molecule has 21 heavy (non-hydrogen) atoms. The number of hydrogen-bond acceptors (Lipinski definition) is 3.